The van der Waals surface area contributed by atoms with Crippen molar-refractivity contribution in [3.63, 3.8) is 0 Å². The first-order valence-electron chi connectivity index (χ1n) is 11.1. The Kier molecular flexibility index (Phi) is 5.57. The number of hydrogen-bond donors (Lipinski definition) is 1. The van der Waals surface area contributed by atoms with Crippen molar-refractivity contribution in [2.24, 2.45) is 0 Å². The first-order chi connectivity index (χ1) is 16.1. The smallest absolute Gasteiger partial charge is 0.134 e. The summed E-state index contributed by atoms with van der Waals surface area (Å²) in [4.78, 5) is 13.7. The van der Waals surface area contributed by atoms with E-state index in [-0.39, 0.29) is 0 Å². The molecule has 0 atom stereocenters. The molecule has 1 N–H and O–H groups in total. The van der Waals surface area contributed by atoms with Crippen LogP contribution in [0.25, 0.3) is 33.2 Å². The molecule has 0 saturated heterocycles. The maximum atomic E-state index is 4.75. The summed E-state index contributed by atoms with van der Waals surface area (Å²) in [5, 5.41) is 5.75. The number of fused-ring (bicyclic) bond motifs is 1. The Morgan fingerprint density at radius 1 is 0.727 bits per heavy atom. The number of aromatic nitrogens is 3. The lowest BCUT2D eigenvalue weighted by atomic mass is 10.0. The first-order valence-corrected chi connectivity index (χ1v) is 11.1. The Balaban J connectivity index is 1.38. The zero-order valence-electron chi connectivity index (χ0n) is 19.1. The molecule has 0 amide bonds. The molecule has 0 aliphatic heterocycles. The summed E-state index contributed by atoms with van der Waals surface area (Å²) in [6, 6.07) is 21.3. The minimum atomic E-state index is 0.664. The number of aryl methyl sites for hydroxylation is 3. The fraction of sp³-hybridized carbons (Fsp3) is 0.138. The lowest BCUT2D eigenvalue weighted by Gasteiger charge is -2.12. The van der Waals surface area contributed by atoms with E-state index >= 15 is 0 Å². The Bertz CT molecular complexity index is 1460. The number of nitrogens with zero attached hydrogens (tertiary/aromatic N) is 3. The molecular weight excluding hydrogens is 404 g/mol. The van der Waals surface area contributed by atoms with Gasteiger partial charge in [-0.25, -0.2) is 4.98 Å². The summed E-state index contributed by atoms with van der Waals surface area (Å²) in [6.07, 6.45) is 7.59. The molecule has 0 bridgehead atoms. The van der Waals surface area contributed by atoms with Crippen molar-refractivity contribution in [2.45, 2.75) is 27.3 Å². The maximum Gasteiger partial charge on any atom is 0.134 e. The van der Waals surface area contributed by atoms with Crippen molar-refractivity contribution in [3.05, 3.63) is 108 Å². The Morgan fingerprint density at radius 3 is 2.42 bits per heavy atom. The zero-order valence-corrected chi connectivity index (χ0v) is 19.1. The van der Waals surface area contributed by atoms with Crippen LogP contribution in [-0.4, -0.2) is 15.0 Å². The molecule has 0 radical (unpaired) electrons. The lowest BCUT2D eigenvalue weighted by Crippen LogP contribution is -2.03. The van der Waals surface area contributed by atoms with Gasteiger partial charge < -0.3 is 5.32 Å². The average molecular weight is 431 g/mol. The summed E-state index contributed by atoms with van der Waals surface area (Å²) < 4.78 is 0. The van der Waals surface area contributed by atoms with Gasteiger partial charge in [0.25, 0.3) is 0 Å². The van der Waals surface area contributed by atoms with Gasteiger partial charge in [0.2, 0.25) is 0 Å². The van der Waals surface area contributed by atoms with E-state index in [1.807, 2.05) is 24.8 Å². The second kappa shape index (κ2) is 8.83. The molecule has 5 rings (SSSR count). The Morgan fingerprint density at radius 2 is 1.61 bits per heavy atom. The molecule has 0 saturated carbocycles. The summed E-state index contributed by atoms with van der Waals surface area (Å²) in [5.41, 5.74) is 9.16. The number of benzene rings is 2. The second-order valence-electron chi connectivity index (χ2n) is 8.58. The van der Waals surface area contributed by atoms with Gasteiger partial charge >= 0.3 is 0 Å². The van der Waals surface area contributed by atoms with Crippen LogP contribution in [0.15, 0.2) is 85.5 Å². The van der Waals surface area contributed by atoms with Crippen molar-refractivity contribution in [2.75, 3.05) is 5.32 Å². The molecule has 4 nitrogen and oxygen atoms in total. The highest BCUT2D eigenvalue weighted by atomic mass is 15.0. The van der Waals surface area contributed by atoms with Gasteiger partial charge in [-0.15, -0.1) is 0 Å². The van der Waals surface area contributed by atoms with Gasteiger partial charge in [-0.2, -0.15) is 0 Å². The molecule has 0 spiro atoms. The van der Waals surface area contributed by atoms with Crippen LogP contribution in [0.2, 0.25) is 0 Å². The van der Waals surface area contributed by atoms with Crippen molar-refractivity contribution < 1.29 is 0 Å². The number of rotatable bonds is 5. The van der Waals surface area contributed by atoms with Crippen molar-refractivity contribution >= 4 is 16.6 Å². The molecule has 3 heterocycles. The van der Waals surface area contributed by atoms with Crippen LogP contribution in [0.4, 0.5) is 5.82 Å². The van der Waals surface area contributed by atoms with E-state index in [0.29, 0.717) is 6.54 Å². The predicted molar refractivity (Wildman–Crippen MR) is 136 cm³/mol. The molecule has 0 unspecified atom stereocenters. The molecule has 0 aliphatic rings. The molecule has 0 fully saturated rings. The van der Waals surface area contributed by atoms with E-state index in [1.165, 1.54) is 11.1 Å². The summed E-state index contributed by atoms with van der Waals surface area (Å²) >= 11 is 0. The fourth-order valence-corrected chi connectivity index (χ4v) is 4.22. The van der Waals surface area contributed by atoms with Crippen LogP contribution in [-0.2, 0) is 6.54 Å². The molecule has 4 heteroatoms. The first kappa shape index (κ1) is 20.8. The van der Waals surface area contributed by atoms with E-state index < -0.39 is 0 Å². The SMILES string of the molecule is Cc1cncc(-c2ccc3c(NCc4cnc(-c5cccc(C)c5)c(C)c4)nccc3c2)c1. The largest absolute Gasteiger partial charge is 0.365 e. The standard InChI is InChI=1S/C29H26N4/c1-19-5-4-6-25(11-19)28-21(3)13-22(16-32-28)17-33-29-27-8-7-23(14-24(27)9-10-31-29)26-12-20(2)15-30-18-26/h4-16,18H,17H2,1-3H3,(H,31,33). The van der Waals surface area contributed by atoms with Crippen LogP contribution in [0.3, 0.4) is 0 Å². The van der Waals surface area contributed by atoms with Crippen molar-refractivity contribution in [1.82, 2.24) is 15.0 Å². The minimum absolute atomic E-state index is 0.664. The highest BCUT2D eigenvalue weighted by Crippen LogP contribution is 2.28. The summed E-state index contributed by atoms with van der Waals surface area (Å²) in [6.45, 7) is 6.95. The molecule has 33 heavy (non-hydrogen) atoms. The van der Waals surface area contributed by atoms with Crippen molar-refractivity contribution in [1.29, 1.82) is 0 Å². The van der Waals surface area contributed by atoms with Crippen LogP contribution < -0.4 is 5.32 Å². The normalized spacial score (nSPS) is 11.0. The van der Waals surface area contributed by atoms with Gasteiger partial charge in [-0.1, -0.05) is 42.0 Å². The predicted octanol–water partition coefficient (Wildman–Crippen LogP) is 6.90. The van der Waals surface area contributed by atoms with E-state index in [9.17, 15) is 0 Å². The minimum Gasteiger partial charge on any atom is -0.365 e. The van der Waals surface area contributed by atoms with Gasteiger partial charge in [0.15, 0.2) is 0 Å². The number of hydrogen-bond acceptors (Lipinski definition) is 4. The highest BCUT2D eigenvalue weighted by molar-refractivity contribution is 5.94. The third-order valence-corrected chi connectivity index (χ3v) is 5.86. The zero-order chi connectivity index (χ0) is 22.8. The molecule has 2 aromatic carbocycles. The number of anilines is 1. The van der Waals surface area contributed by atoms with Crippen LogP contribution in [0.1, 0.15) is 22.3 Å². The van der Waals surface area contributed by atoms with Gasteiger partial charge in [0.1, 0.15) is 5.82 Å². The van der Waals surface area contributed by atoms with Crippen LogP contribution in [0.5, 0.6) is 0 Å². The highest BCUT2D eigenvalue weighted by Gasteiger charge is 2.08. The van der Waals surface area contributed by atoms with Gasteiger partial charge in [-0.05, 0) is 72.7 Å². The number of pyridine rings is 3. The molecule has 162 valence electrons. The molecule has 0 aliphatic carbocycles. The van der Waals surface area contributed by atoms with E-state index in [0.717, 1.165) is 50.1 Å². The topological polar surface area (TPSA) is 50.7 Å². The second-order valence-corrected chi connectivity index (χ2v) is 8.58. The van der Waals surface area contributed by atoms with Crippen molar-refractivity contribution in [3.8, 4) is 22.4 Å². The third-order valence-electron chi connectivity index (χ3n) is 5.86. The monoisotopic (exact) mass is 430 g/mol. The molecule has 5 aromatic rings. The summed E-state index contributed by atoms with van der Waals surface area (Å²) in [7, 11) is 0. The maximum absolute atomic E-state index is 4.75. The lowest BCUT2D eigenvalue weighted by molar-refractivity contribution is 1.08. The van der Waals surface area contributed by atoms with Gasteiger partial charge in [0, 0.05) is 47.8 Å². The quantitative estimate of drug-likeness (QED) is 0.330. The van der Waals surface area contributed by atoms with E-state index in [1.54, 1.807) is 0 Å². The molecule has 3 aromatic heterocycles. The molecular formula is C29H26N4. The van der Waals surface area contributed by atoms with Gasteiger partial charge in [0.05, 0.1) is 5.69 Å². The summed E-state index contributed by atoms with van der Waals surface area (Å²) in [5.74, 6) is 0.877. The Labute approximate surface area is 194 Å². The average Bonchev–Trinajstić information content (AvgIpc) is 2.82. The van der Waals surface area contributed by atoms with Crippen LogP contribution >= 0.6 is 0 Å². The Hall–Kier alpha value is -4.05. The van der Waals surface area contributed by atoms with Gasteiger partial charge in [-0.3, -0.25) is 9.97 Å². The third kappa shape index (κ3) is 4.46. The van der Waals surface area contributed by atoms with Crippen LogP contribution in [0, 0.1) is 20.8 Å². The van der Waals surface area contributed by atoms with E-state index in [4.69, 9.17) is 4.98 Å². The van der Waals surface area contributed by atoms with E-state index in [2.05, 4.69) is 96.7 Å². The fourth-order valence-electron chi connectivity index (χ4n) is 4.22. The number of nitrogens with one attached hydrogen (secondary N) is 1.